The largest absolute Gasteiger partial charge is 0.507 e. The number of phenolic OH excluding ortho intramolecular Hbond substituents is 1. The van der Waals surface area contributed by atoms with Gasteiger partial charge in [-0.25, -0.2) is 0 Å². The first-order chi connectivity index (χ1) is 15.9. The molecule has 2 N–H and O–H groups in total. The quantitative estimate of drug-likeness (QED) is 0.478. The molecule has 0 aliphatic carbocycles. The van der Waals surface area contributed by atoms with Crippen molar-refractivity contribution < 1.29 is 19.4 Å². The third-order valence-corrected chi connectivity index (χ3v) is 5.77. The summed E-state index contributed by atoms with van der Waals surface area (Å²) in [6, 6.07) is 9.00. The lowest BCUT2D eigenvalue weighted by molar-refractivity contribution is 0.0764. The fraction of sp³-hybridized carbons (Fsp3) is 0.308. The normalized spacial score (nSPS) is 15.0. The summed E-state index contributed by atoms with van der Waals surface area (Å²) in [7, 11) is 0. The average molecular weight is 448 g/mol. The van der Waals surface area contributed by atoms with Crippen molar-refractivity contribution in [2.75, 3.05) is 19.8 Å². The Hall–Kier alpha value is -3.74. The van der Waals surface area contributed by atoms with Gasteiger partial charge in [-0.3, -0.25) is 9.89 Å². The second kappa shape index (κ2) is 9.02. The minimum atomic E-state index is -0.422. The van der Waals surface area contributed by atoms with Gasteiger partial charge in [0.1, 0.15) is 17.1 Å². The molecule has 1 atom stereocenters. The van der Waals surface area contributed by atoms with E-state index in [1.807, 2.05) is 52.0 Å². The van der Waals surface area contributed by atoms with Crippen LogP contribution in [-0.2, 0) is 0 Å². The fourth-order valence-corrected chi connectivity index (χ4v) is 4.55. The number of hydrogen-bond donors (Lipinski definition) is 2. The van der Waals surface area contributed by atoms with Crippen LogP contribution in [0.1, 0.15) is 52.6 Å². The summed E-state index contributed by atoms with van der Waals surface area (Å²) in [4.78, 5) is 15.0. The van der Waals surface area contributed by atoms with E-state index in [1.54, 1.807) is 17.0 Å². The Morgan fingerprint density at radius 2 is 1.88 bits per heavy atom. The van der Waals surface area contributed by atoms with Crippen LogP contribution < -0.4 is 9.47 Å². The first kappa shape index (κ1) is 22.5. The number of aromatic hydroxyl groups is 1. The van der Waals surface area contributed by atoms with E-state index in [2.05, 4.69) is 16.8 Å². The predicted molar refractivity (Wildman–Crippen MR) is 127 cm³/mol. The molecule has 4 rings (SSSR count). The summed E-state index contributed by atoms with van der Waals surface area (Å²) >= 11 is 0. The number of amides is 1. The molecule has 33 heavy (non-hydrogen) atoms. The van der Waals surface area contributed by atoms with Gasteiger partial charge in [0.15, 0.2) is 11.5 Å². The van der Waals surface area contributed by atoms with Crippen molar-refractivity contribution in [3.8, 4) is 28.5 Å². The Balaban J connectivity index is 1.92. The lowest BCUT2D eigenvalue weighted by atomic mass is 9.93. The molecule has 3 aromatic rings. The van der Waals surface area contributed by atoms with Crippen LogP contribution in [-0.4, -0.2) is 45.9 Å². The van der Waals surface area contributed by atoms with Crippen LogP contribution in [0.2, 0.25) is 0 Å². The zero-order valence-electron chi connectivity index (χ0n) is 19.4. The lowest BCUT2D eigenvalue weighted by Crippen LogP contribution is -2.29. The number of rotatable bonds is 8. The van der Waals surface area contributed by atoms with Crippen molar-refractivity contribution in [2.45, 2.75) is 33.7 Å². The SMILES string of the molecule is C=CCN1C(=O)c2[nH]nc(-c3c(C)cc(C)cc3O)c2C1c1ccc(OCC)c(OCC)c1. The molecule has 0 radical (unpaired) electrons. The molecule has 0 spiro atoms. The lowest BCUT2D eigenvalue weighted by Gasteiger charge is -2.26. The number of carbonyl (C=O) groups excluding carboxylic acids is 1. The number of nitrogens with one attached hydrogen (secondary N) is 1. The number of hydrogen-bond acceptors (Lipinski definition) is 5. The van der Waals surface area contributed by atoms with Crippen molar-refractivity contribution >= 4 is 5.91 Å². The van der Waals surface area contributed by atoms with Crippen LogP contribution in [0.3, 0.4) is 0 Å². The molecular formula is C26H29N3O4. The highest BCUT2D eigenvalue weighted by Gasteiger charge is 2.42. The molecule has 1 amide bonds. The third-order valence-electron chi connectivity index (χ3n) is 5.77. The molecule has 172 valence electrons. The summed E-state index contributed by atoms with van der Waals surface area (Å²) in [5.74, 6) is 1.25. The Kier molecular flexibility index (Phi) is 6.14. The number of phenols is 1. The van der Waals surface area contributed by atoms with Gasteiger partial charge in [0.2, 0.25) is 0 Å². The molecule has 1 unspecified atom stereocenters. The molecule has 2 heterocycles. The second-order valence-electron chi connectivity index (χ2n) is 8.06. The van der Waals surface area contributed by atoms with Gasteiger partial charge in [0.05, 0.1) is 19.3 Å². The van der Waals surface area contributed by atoms with Gasteiger partial charge in [-0.1, -0.05) is 18.2 Å². The highest BCUT2D eigenvalue weighted by Crippen LogP contribution is 2.46. The fourth-order valence-electron chi connectivity index (χ4n) is 4.55. The standard InChI is InChI=1S/C26H29N3O4/c1-6-11-29-25(17-9-10-19(32-7-2)20(14-17)33-8-3)22-23(27-28-24(22)26(29)31)21-16(5)12-15(4)13-18(21)30/h6,9-10,12-14,25,30H,1,7-8,11H2,2-5H3,(H,27,28). The Morgan fingerprint density at radius 3 is 2.55 bits per heavy atom. The number of fused-ring (bicyclic) bond motifs is 1. The zero-order valence-corrected chi connectivity index (χ0v) is 19.4. The summed E-state index contributed by atoms with van der Waals surface area (Å²) in [5.41, 5.74) is 5.04. The molecule has 0 saturated heterocycles. The average Bonchev–Trinajstić information content (AvgIpc) is 3.29. The van der Waals surface area contributed by atoms with E-state index >= 15 is 0 Å². The molecular weight excluding hydrogens is 418 g/mol. The van der Waals surface area contributed by atoms with Crippen molar-refractivity contribution in [1.29, 1.82) is 0 Å². The number of carbonyl (C=O) groups is 1. The number of nitrogens with zero attached hydrogens (tertiary/aromatic N) is 2. The van der Waals surface area contributed by atoms with E-state index in [0.717, 1.165) is 22.3 Å². The number of aryl methyl sites for hydroxylation is 2. The Bertz CT molecular complexity index is 1190. The van der Waals surface area contributed by atoms with Crippen molar-refractivity contribution in [2.24, 2.45) is 0 Å². The van der Waals surface area contributed by atoms with Crippen LogP contribution in [0.15, 0.2) is 43.0 Å². The number of benzene rings is 2. The van der Waals surface area contributed by atoms with Gasteiger partial charge >= 0.3 is 0 Å². The van der Waals surface area contributed by atoms with Crippen LogP contribution in [0.5, 0.6) is 17.2 Å². The zero-order chi connectivity index (χ0) is 23.7. The maximum atomic E-state index is 13.3. The second-order valence-corrected chi connectivity index (χ2v) is 8.06. The summed E-state index contributed by atoms with van der Waals surface area (Å²) in [5, 5.41) is 18.2. The molecule has 7 heteroatoms. The molecule has 0 fully saturated rings. The monoisotopic (exact) mass is 447 g/mol. The maximum absolute atomic E-state index is 13.3. The van der Waals surface area contributed by atoms with Crippen LogP contribution in [0.4, 0.5) is 0 Å². The number of aromatic amines is 1. The van der Waals surface area contributed by atoms with Gasteiger partial charge in [0.25, 0.3) is 5.91 Å². The van der Waals surface area contributed by atoms with Gasteiger partial charge in [-0.15, -0.1) is 6.58 Å². The molecule has 7 nitrogen and oxygen atoms in total. The number of ether oxygens (including phenoxy) is 2. The molecule has 1 aliphatic heterocycles. The molecule has 2 aromatic carbocycles. The number of aromatic nitrogens is 2. The topological polar surface area (TPSA) is 87.7 Å². The maximum Gasteiger partial charge on any atom is 0.273 e. The molecule has 1 aliphatic rings. The molecule has 0 saturated carbocycles. The van der Waals surface area contributed by atoms with Crippen LogP contribution in [0.25, 0.3) is 11.3 Å². The van der Waals surface area contributed by atoms with Crippen molar-refractivity contribution in [3.63, 3.8) is 0 Å². The van der Waals surface area contributed by atoms with E-state index < -0.39 is 6.04 Å². The highest BCUT2D eigenvalue weighted by molar-refractivity contribution is 6.00. The Labute approximate surface area is 193 Å². The Morgan fingerprint density at radius 1 is 1.15 bits per heavy atom. The number of H-pyrrole nitrogens is 1. The van der Waals surface area contributed by atoms with E-state index in [4.69, 9.17) is 9.47 Å². The third kappa shape index (κ3) is 3.84. The van der Waals surface area contributed by atoms with Crippen molar-refractivity contribution in [3.05, 3.63) is 70.9 Å². The van der Waals surface area contributed by atoms with Crippen LogP contribution in [0, 0.1) is 13.8 Å². The van der Waals surface area contributed by atoms with E-state index in [9.17, 15) is 9.90 Å². The minimum Gasteiger partial charge on any atom is -0.507 e. The predicted octanol–water partition coefficient (Wildman–Crippen LogP) is 4.93. The van der Waals surface area contributed by atoms with Gasteiger partial charge < -0.3 is 19.5 Å². The van der Waals surface area contributed by atoms with Crippen LogP contribution >= 0.6 is 0 Å². The van der Waals surface area contributed by atoms with E-state index in [-0.39, 0.29) is 11.7 Å². The van der Waals surface area contributed by atoms with Crippen molar-refractivity contribution in [1.82, 2.24) is 15.1 Å². The van der Waals surface area contributed by atoms with Gasteiger partial charge in [-0.2, -0.15) is 5.10 Å². The summed E-state index contributed by atoms with van der Waals surface area (Å²) in [6.07, 6.45) is 1.70. The summed E-state index contributed by atoms with van der Waals surface area (Å²) in [6.45, 7) is 12.9. The highest BCUT2D eigenvalue weighted by atomic mass is 16.5. The summed E-state index contributed by atoms with van der Waals surface area (Å²) < 4.78 is 11.6. The molecule has 0 bridgehead atoms. The smallest absolute Gasteiger partial charge is 0.273 e. The first-order valence-electron chi connectivity index (χ1n) is 11.1. The van der Waals surface area contributed by atoms with Gasteiger partial charge in [-0.05, 0) is 62.6 Å². The van der Waals surface area contributed by atoms with E-state index in [0.29, 0.717) is 48.2 Å². The first-order valence-corrected chi connectivity index (χ1v) is 11.1. The van der Waals surface area contributed by atoms with Gasteiger partial charge in [0, 0.05) is 17.7 Å². The van der Waals surface area contributed by atoms with E-state index in [1.165, 1.54) is 0 Å². The minimum absolute atomic E-state index is 0.136. The molecule has 1 aromatic heterocycles.